The van der Waals surface area contributed by atoms with Gasteiger partial charge in [0.05, 0.1) is 12.0 Å². The highest BCUT2D eigenvalue weighted by Crippen LogP contribution is 2.30. The van der Waals surface area contributed by atoms with Gasteiger partial charge in [-0.25, -0.2) is 0 Å². The van der Waals surface area contributed by atoms with Crippen molar-refractivity contribution in [2.45, 2.75) is 50.5 Å². The van der Waals surface area contributed by atoms with Gasteiger partial charge < -0.3 is 10.2 Å². The van der Waals surface area contributed by atoms with Crippen molar-refractivity contribution >= 4 is 5.97 Å². The van der Waals surface area contributed by atoms with Crippen LogP contribution in [0.4, 0.5) is 0 Å². The van der Waals surface area contributed by atoms with Gasteiger partial charge in [-0.15, -0.1) is 0 Å². The molecule has 14 heavy (non-hydrogen) atoms. The lowest BCUT2D eigenvalue weighted by Crippen LogP contribution is -2.30. The van der Waals surface area contributed by atoms with Crippen molar-refractivity contribution in [2.24, 2.45) is 0 Å². The van der Waals surface area contributed by atoms with Crippen molar-refractivity contribution in [3.05, 3.63) is 12.2 Å². The summed E-state index contributed by atoms with van der Waals surface area (Å²) in [5, 5.41) is 18.4. The fraction of sp³-hybridized carbons (Fsp3) is 0.727. The van der Waals surface area contributed by atoms with Crippen molar-refractivity contribution < 1.29 is 15.0 Å². The smallest absolute Gasteiger partial charge is 0.307 e. The molecule has 3 heteroatoms. The van der Waals surface area contributed by atoms with Crippen molar-refractivity contribution in [3.63, 3.8) is 0 Å². The van der Waals surface area contributed by atoms with Crippen molar-refractivity contribution in [3.8, 4) is 0 Å². The van der Waals surface area contributed by atoms with E-state index in [1.165, 1.54) is 6.42 Å². The molecule has 0 amide bonds. The predicted molar refractivity (Wildman–Crippen MR) is 54.0 cm³/mol. The molecule has 0 heterocycles. The molecule has 0 aliphatic heterocycles. The van der Waals surface area contributed by atoms with Crippen LogP contribution in [0.1, 0.15) is 44.9 Å². The lowest BCUT2D eigenvalue weighted by molar-refractivity contribution is -0.136. The Labute approximate surface area is 84.4 Å². The second-order valence-corrected chi connectivity index (χ2v) is 4.06. The zero-order valence-electron chi connectivity index (χ0n) is 8.41. The molecule has 3 nitrogen and oxygen atoms in total. The second kappa shape index (κ2) is 5.15. The summed E-state index contributed by atoms with van der Waals surface area (Å²) in [5.74, 6) is -0.822. The fourth-order valence-electron chi connectivity index (χ4n) is 1.90. The number of carboxylic acid groups (broad SMARTS) is 1. The van der Waals surface area contributed by atoms with Gasteiger partial charge in [-0.2, -0.15) is 0 Å². The third-order valence-electron chi connectivity index (χ3n) is 2.74. The Kier molecular flexibility index (Phi) is 4.14. The van der Waals surface area contributed by atoms with Gasteiger partial charge in [0, 0.05) is 0 Å². The summed E-state index contributed by atoms with van der Waals surface area (Å²) in [4.78, 5) is 10.2. The molecule has 1 aliphatic carbocycles. The van der Waals surface area contributed by atoms with Gasteiger partial charge in [0.2, 0.25) is 0 Å². The van der Waals surface area contributed by atoms with Gasteiger partial charge >= 0.3 is 5.97 Å². The molecule has 1 fully saturated rings. The minimum atomic E-state index is -0.822. The second-order valence-electron chi connectivity index (χ2n) is 4.06. The lowest BCUT2D eigenvalue weighted by atomic mass is 9.82. The van der Waals surface area contributed by atoms with Crippen molar-refractivity contribution in [1.29, 1.82) is 0 Å². The molecule has 1 rings (SSSR count). The van der Waals surface area contributed by atoms with Crippen LogP contribution < -0.4 is 0 Å². The van der Waals surface area contributed by atoms with Crippen LogP contribution in [0.25, 0.3) is 0 Å². The quantitative estimate of drug-likeness (QED) is 0.680. The van der Waals surface area contributed by atoms with Crippen LogP contribution >= 0.6 is 0 Å². The molecule has 0 unspecified atom stereocenters. The molecular weight excluding hydrogens is 180 g/mol. The monoisotopic (exact) mass is 198 g/mol. The molecule has 0 aromatic carbocycles. The van der Waals surface area contributed by atoms with Crippen molar-refractivity contribution in [2.75, 3.05) is 0 Å². The molecule has 0 atom stereocenters. The Morgan fingerprint density at radius 1 is 1.21 bits per heavy atom. The van der Waals surface area contributed by atoms with E-state index in [1.807, 2.05) is 0 Å². The maximum Gasteiger partial charge on any atom is 0.307 e. The van der Waals surface area contributed by atoms with E-state index < -0.39 is 11.6 Å². The molecule has 0 aromatic rings. The van der Waals surface area contributed by atoms with Gasteiger partial charge in [-0.3, -0.25) is 4.79 Å². The number of aliphatic hydroxyl groups is 1. The summed E-state index contributed by atoms with van der Waals surface area (Å²) >= 11 is 0. The van der Waals surface area contributed by atoms with Crippen LogP contribution in [0.5, 0.6) is 0 Å². The summed E-state index contributed by atoms with van der Waals surface area (Å²) in [7, 11) is 0. The number of rotatable bonds is 4. The third kappa shape index (κ3) is 3.92. The molecule has 0 saturated heterocycles. The first kappa shape index (κ1) is 11.2. The number of carbonyl (C=O) groups is 1. The number of hydrogen-bond donors (Lipinski definition) is 2. The minimum Gasteiger partial charge on any atom is -0.481 e. The Morgan fingerprint density at radius 2 is 1.86 bits per heavy atom. The summed E-state index contributed by atoms with van der Waals surface area (Å²) in [6.45, 7) is 0. The number of aliphatic carboxylic acids is 1. The van der Waals surface area contributed by atoms with Gasteiger partial charge in [0.1, 0.15) is 0 Å². The fourth-order valence-corrected chi connectivity index (χ4v) is 1.90. The van der Waals surface area contributed by atoms with Crippen LogP contribution in [0.3, 0.4) is 0 Å². The summed E-state index contributed by atoms with van der Waals surface area (Å²) in [5.41, 5.74) is -0.562. The molecule has 0 spiro atoms. The Hall–Kier alpha value is -0.830. The lowest BCUT2D eigenvalue weighted by Gasteiger charge is -2.30. The maximum atomic E-state index is 10.2. The molecule has 0 aromatic heterocycles. The highest BCUT2D eigenvalue weighted by molar-refractivity contribution is 5.68. The first-order valence-electron chi connectivity index (χ1n) is 5.22. The van der Waals surface area contributed by atoms with Crippen LogP contribution in [-0.2, 0) is 4.79 Å². The summed E-state index contributed by atoms with van der Waals surface area (Å²) in [6.07, 6.45) is 9.15. The SMILES string of the molecule is O=C(O)C/C=C/CC1(O)CCCCC1. The van der Waals surface area contributed by atoms with E-state index in [0.29, 0.717) is 6.42 Å². The summed E-state index contributed by atoms with van der Waals surface area (Å²) < 4.78 is 0. The largest absolute Gasteiger partial charge is 0.481 e. The van der Waals surface area contributed by atoms with Gasteiger partial charge in [-0.1, -0.05) is 31.4 Å². The van der Waals surface area contributed by atoms with E-state index in [4.69, 9.17) is 5.11 Å². The average Bonchev–Trinajstić information content (AvgIpc) is 2.14. The first-order valence-corrected chi connectivity index (χ1v) is 5.22. The van der Waals surface area contributed by atoms with Crippen LogP contribution in [0, 0.1) is 0 Å². The molecule has 0 radical (unpaired) electrons. The molecule has 80 valence electrons. The van der Waals surface area contributed by atoms with E-state index in [1.54, 1.807) is 12.2 Å². The van der Waals surface area contributed by atoms with E-state index >= 15 is 0 Å². The Balaban J connectivity index is 2.27. The van der Waals surface area contributed by atoms with E-state index in [0.717, 1.165) is 25.7 Å². The van der Waals surface area contributed by atoms with E-state index in [2.05, 4.69) is 0 Å². The highest BCUT2D eigenvalue weighted by Gasteiger charge is 2.27. The molecular formula is C11H18O3. The zero-order valence-corrected chi connectivity index (χ0v) is 8.41. The van der Waals surface area contributed by atoms with Gasteiger partial charge in [0.25, 0.3) is 0 Å². The van der Waals surface area contributed by atoms with Crippen LogP contribution in [0.2, 0.25) is 0 Å². The molecule has 1 saturated carbocycles. The van der Waals surface area contributed by atoms with E-state index in [9.17, 15) is 9.90 Å². The van der Waals surface area contributed by atoms with Crippen LogP contribution in [-0.4, -0.2) is 21.8 Å². The standard InChI is InChI=1S/C11H18O3/c12-10(13)6-2-5-9-11(14)7-3-1-4-8-11/h2,5,14H,1,3-4,6-9H2,(H,12,13)/b5-2+. The summed E-state index contributed by atoms with van der Waals surface area (Å²) in [6, 6.07) is 0. The minimum absolute atomic E-state index is 0.0517. The molecule has 2 N–H and O–H groups in total. The van der Waals surface area contributed by atoms with Gasteiger partial charge in [-0.05, 0) is 19.3 Å². The Bertz CT molecular complexity index is 215. The maximum absolute atomic E-state index is 10.2. The first-order chi connectivity index (χ1) is 6.62. The Morgan fingerprint density at radius 3 is 2.43 bits per heavy atom. The third-order valence-corrected chi connectivity index (χ3v) is 2.74. The van der Waals surface area contributed by atoms with E-state index in [-0.39, 0.29) is 6.42 Å². The topological polar surface area (TPSA) is 57.5 Å². The molecule has 1 aliphatic rings. The van der Waals surface area contributed by atoms with Crippen LogP contribution in [0.15, 0.2) is 12.2 Å². The molecule has 0 bridgehead atoms. The normalized spacial score (nSPS) is 21.2. The number of hydrogen-bond acceptors (Lipinski definition) is 2. The van der Waals surface area contributed by atoms with Gasteiger partial charge in [0.15, 0.2) is 0 Å². The number of carboxylic acids is 1. The van der Waals surface area contributed by atoms with Crippen molar-refractivity contribution in [1.82, 2.24) is 0 Å². The zero-order chi connectivity index (χ0) is 10.4. The predicted octanol–water partition coefficient (Wildman–Crippen LogP) is 2.10. The average molecular weight is 198 g/mol. The highest BCUT2D eigenvalue weighted by atomic mass is 16.4.